The lowest BCUT2D eigenvalue weighted by Crippen LogP contribution is -2.04. The zero-order valence-corrected chi connectivity index (χ0v) is 7.94. The minimum atomic E-state index is 0.248. The van der Waals surface area contributed by atoms with E-state index in [1.807, 2.05) is 0 Å². The van der Waals surface area contributed by atoms with E-state index in [4.69, 9.17) is 4.74 Å². The van der Waals surface area contributed by atoms with Crippen LogP contribution in [0, 0.1) is 0 Å². The molecule has 0 aromatic heterocycles. The average molecular weight is 241 g/mol. The molecule has 1 nitrogen and oxygen atoms in total. The summed E-state index contributed by atoms with van der Waals surface area (Å²) in [4.78, 5) is 0. The van der Waals surface area contributed by atoms with E-state index in [2.05, 4.69) is 36.0 Å². The lowest BCUT2D eigenvalue weighted by atomic mass is 9.92. The zero-order valence-electron chi connectivity index (χ0n) is 4.78. The summed E-state index contributed by atoms with van der Waals surface area (Å²) in [7, 11) is 0. The number of hydrogen-bond donors (Lipinski definition) is 0. The monoisotopic (exact) mass is 241 g/mol. The van der Waals surface area contributed by atoms with Crippen molar-refractivity contribution in [2.24, 2.45) is 0 Å². The van der Waals surface area contributed by atoms with Crippen molar-refractivity contribution in [2.75, 3.05) is 6.61 Å². The Morgan fingerprint density at radius 1 is 2.00 bits per heavy atom. The lowest BCUT2D eigenvalue weighted by Gasteiger charge is -1.98. The molecule has 0 N–H and O–H groups in total. The Morgan fingerprint density at radius 2 is 2.62 bits per heavy atom. The molecule has 1 heterocycles. The van der Waals surface area contributed by atoms with Crippen LogP contribution in [0.25, 0.3) is 0 Å². The van der Waals surface area contributed by atoms with Crippen LogP contribution in [0.4, 0.5) is 0 Å². The third-order valence-electron chi connectivity index (χ3n) is 1.25. The number of epoxide rings is 1. The Labute approximate surface area is 65.4 Å². The maximum Gasteiger partial charge on any atom is 0.159 e. The van der Waals surface area contributed by atoms with E-state index in [-0.39, 0.29) is 5.60 Å². The van der Waals surface area contributed by atoms with Gasteiger partial charge in [-0.05, 0) is 13.2 Å². The number of halogens is 1. The van der Waals surface area contributed by atoms with Crippen LogP contribution in [0.2, 0.25) is 6.32 Å². The zero-order chi connectivity index (χ0) is 6.04. The first kappa shape index (κ1) is 7.29. The topological polar surface area (TPSA) is 12.5 Å². The molecule has 0 bridgehead atoms. The van der Waals surface area contributed by atoms with Gasteiger partial charge in [0, 0.05) is 0 Å². The fourth-order valence-corrected chi connectivity index (χ4v) is 1.67. The van der Waals surface area contributed by atoms with E-state index >= 15 is 0 Å². The largest absolute Gasteiger partial charge is 0.371 e. The first-order valence-electron chi connectivity index (χ1n) is 2.59. The van der Waals surface area contributed by atoms with Gasteiger partial charge in [-0.2, -0.15) is 0 Å². The van der Waals surface area contributed by atoms with Crippen molar-refractivity contribution in [1.29, 1.82) is 0 Å². The first-order valence-corrected chi connectivity index (χ1v) is 6.78. The maximum atomic E-state index is 5.17. The molecule has 0 spiro atoms. The second-order valence-electron chi connectivity index (χ2n) is 2.26. The molecule has 1 fully saturated rings. The van der Waals surface area contributed by atoms with E-state index in [0.29, 0.717) is 0 Å². The minimum absolute atomic E-state index is 0.248. The Bertz CT molecular complexity index is 86.1. The lowest BCUT2D eigenvalue weighted by molar-refractivity contribution is 0.344. The highest BCUT2D eigenvalue weighted by Crippen LogP contribution is 2.33. The summed E-state index contributed by atoms with van der Waals surface area (Å²) in [5.41, 5.74) is 0.248. The van der Waals surface area contributed by atoms with Gasteiger partial charge < -0.3 is 4.74 Å². The van der Waals surface area contributed by atoms with Crippen LogP contribution in [-0.2, 0) is 4.74 Å². The molecule has 1 saturated heterocycles. The van der Waals surface area contributed by atoms with E-state index < -0.39 is 0 Å². The van der Waals surface area contributed by atoms with Gasteiger partial charge in [-0.1, -0.05) is 28.1 Å². The molecule has 1 radical (unpaired) electrons. The number of hydrogen-bond acceptors (Lipinski definition) is 1. The third-order valence-corrected chi connectivity index (χ3v) is 2.93. The highest BCUT2D eigenvalue weighted by Gasteiger charge is 2.37. The highest BCUT2D eigenvalue weighted by atomic mass is 127. The van der Waals surface area contributed by atoms with Crippen molar-refractivity contribution in [2.45, 2.75) is 18.8 Å². The van der Waals surface area contributed by atoms with Crippen molar-refractivity contribution < 1.29 is 4.74 Å². The average Bonchev–Trinajstić information content (AvgIpc) is 2.45. The molecular weight excluding hydrogens is 233 g/mol. The molecule has 4 heteroatoms. The van der Waals surface area contributed by atoms with Gasteiger partial charge in [0.1, 0.15) is 0 Å². The van der Waals surface area contributed by atoms with Gasteiger partial charge in [0.15, 0.2) is 7.00 Å². The summed E-state index contributed by atoms with van der Waals surface area (Å²) in [5, 5.41) is 0. The van der Waals surface area contributed by atoms with Gasteiger partial charge in [0.2, 0.25) is 0 Å². The SMILES string of the molecule is CC1(C[B]PI)CO1. The molecule has 1 rings (SSSR count). The molecule has 0 amide bonds. The van der Waals surface area contributed by atoms with Crippen LogP contribution in [0.1, 0.15) is 6.92 Å². The van der Waals surface area contributed by atoms with Crippen LogP contribution in [0.15, 0.2) is 0 Å². The van der Waals surface area contributed by atoms with Gasteiger partial charge >= 0.3 is 0 Å². The number of rotatable bonds is 3. The second-order valence-corrected chi connectivity index (χ2v) is 4.75. The minimum Gasteiger partial charge on any atom is -0.371 e. The molecule has 0 aromatic carbocycles. The van der Waals surface area contributed by atoms with Gasteiger partial charge in [-0.15, -0.1) is 0 Å². The van der Waals surface area contributed by atoms with Crippen LogP contribution in [0.3, 0.4) is 0 Å². The predicted octanol–water partition coefficient (Wildman–Crippen LogP) is 1.84. The molecule has 8 heavy (non-hydrogen) atoms. The van der Waals surface area contributed by atoms with E-state index in [9.17, 15) is 0 Å². The fraction of sp³-hybridized carbons (Fsp3) is 1.00. The number of ether oxygens (including phenoxy) is 1. The summed E-state index contributed by atoms with van der Waals surface area (Å²) in [5.74, 6) is 0. The Balaban J connectivity index is 2.01. The summed E-state index contributed by atoms with van der Waals surface area (Å²) >= 11 is 2.37. The Kier molecular flexibility index (Phi) is 2.59. The molecule has 45 valence electrons. The van der Waals surface area contributed by atoms with Gasteiger partial charge in [-0.25, -0.2) is 0 Å². The van der Waals surface area contributed by atoms with E-state index in [1.165, 1.54) is 0 Å². The van der Waals surface area contributed by atoms with E-state index in [1.54, 1.807) is 0 Å². The molecule has 2 unspecified atom stereocenters. The van der Waals surface area contributed by atoms with Gasteiger partial charge in [-0.3, -0.25) is 0 Å². The maximum absolute atomic E-state index is 5.17. The normalized spacial score (nSPS) is 36.2. The quantitative estimate of drug-likeness (QED) is 0.318. The third kappa shape index (κ3) is 2.20. The van der Waals surface area contributed by atoms with Gasteiger partial charge in [0.25, 0.3) is 0 Å². The summed E-state index contributed by atoms with van der Waals surface area (Å²) in [6.07, 6.45) is 2.07. The molecule has 0 saturated carbocycles. The first-order chi connectivity index (χ1) is 3.77. The summed E-state index contributed by atoms with van der Waals surface area (Å²) in [6.45, 7) is 5.40. The molecule has 1 aliphatic heterocycles. The van der Waals surface area contributed by atoms with Crippen molar-refractivity contribution in [1.82, 2.24) is 0 Å². The summed E-state index contributed by atoms with van der Waals surface area (Å²) < 4.78 is 5.17. The fourth-order valence-electron chi connectivity index (χ4n) is 0.496. The van der Waals surface area contributed by atoms with Crippen LogP contribution in [-0.4, -0.2) is 19.2 Å². The van der Waals surface area contributed by atoms with Crippen molar-refractivity contribution in [3.63, 3.8) is 0 Å². The second kappa shape index (κ2) is 2.85. The Morgan fingerprint density at radius 3 is 3.00 bits per heavy atom. The van der Waals surface area contributed by atoms with Crippen LogP contribution in [0.5, 0.6) is 0 Å². The molecule has 0 aliphatic carbocycles. The molecule has 0 aromatic rings. The molecule has 2 atom stereocenters. The Hall–Kier alpha value is 1.18. The van der Waals surface area contributed by atoms with Crippen molar-refractivity contribution >= 4 is 35.1 Å². The van der Waals surface area contributed by atoms with Crippen LogP contribution < -0.4 is 0 Å². The van der Waals surface area contributed by atoms with E-state index in [0.717, 1.165) is 19.0 Å². The predicted molar refractivity (Wildman–Crippen MR) is 47.3 cm³/mol. The van der Waals surface area contributed by atoms with Crippen LogP contribution >= 0.6 is 28.1 Å². The van der Waals surface area contributed by atoms with Crippen molar-refractivity contribution in [3.8, 4) is 0 Å². The molecular formula is C4H8BIOP. The van der Waals surface area contributed by atoms with Crippen molar-refractivity contribution in [3.05, 3.63) is 0 Å². The molecule has 1 aliphatic rings. The smallest absolute Gasteiger partial charge is 0.159 e. The highest BCUT2D eigenvalue weighted by molar-refractivity contribution is 14.2. The summed E-state index contributed by atoms with van der Waals surface area (Å²) in [6, 6.07) is 0. The van der Waals surface area contributed by atoms with Gasteiger partial charge in [0.05, 0.1) is 12.2 Å². The standard InChI is InChI=1S/C4H8BIOP/c1-4(3-7-4)2-5-8-6/h8H,2-3H2,1H3.